The van der Waals surface area contributed by atoms with E-state index in [0.29, 0.717) is 0 Å². The first kappa shape index (κ1) is 63.0. The van der Waals surface area contributed by atoms with Crippen LogP contribution in [-0.4, -0.2) is 168 Å². The lowest BCUT2D eigenvalue weighted by molar-refractivity contribution is -0.361. The van der Waals surface area contributed by atoms with Crippen molar-refractivity contribution in [3.63, 3.8) is 0 Å². The maximum atomic E-state index is 13.9. The van der Waals surface area contributed by atoms with Crippen LogP contribution in [0.4, 0.5) is 0 Å². The largest absolute Gasteiger partial charge is 0.467 e. The summed E-state index contributed by atoms with van der Waals surface area (Å²) in [6.45, 7) is 19.7. The zero-order valence-corrected chi connectivity index (χ0v) is 47.3. The van der Waals surface area contributed by atoms with Crippen molar-refractivity contribution in [1.82, 2.24) is 0 Å². The number of hydrogen-bond donors (Lipinski definition) is 0. The number of ether oxygens (including phenoxy) is 15. The van der Waals surface area contributed by atoms with Crippen LogP contribution >= 0.6 is 0 Å². The Hall–Kier alpha value is -5.21. The van der Waals surface area contributed by atoms with Gasteiger partial charge in [-0.25, -0.2) is 9.59 Å². The van der Waals surface area contributed by atoms with Crippen molar-refractivity contribution in [2.45, 2.75) is 188 Å². The standard InChI is InChI=1S/C53H78N6O20/c1-23-24(2)39(56-58-54)51(71-36(23)20-67-32(10)60)78-44-26(4)28(6)50(79-46(44)48(64)65-13)76-43-29(7)40(57-59-55)52(73-38(43)22-69-34(12)62)75-41-30(8)45(74-47(63)35-18-16-15-17-19-35)53(70-31(41)9)77-42-25(3)27(5)49(66-14)72-37(42)21-68-33(11)61/h15-19,23-31,36-46,49-53H,20-22H2,1-14H3/t23-,24-,25+,26+,27?,28?,29+,30?,31-,36?,37?,38?,39?,40?,41-,42-,43-,44-,45?,46?,49-,50+,51+,52+,53-/m0/s1. The molecule has 0 bridgehead atoms. The van der Waals surface area contributed by atoms with E-state index in [9.17, 15) is 35.0 Å². The van der Waals surface area contributed by atoms with Gasteiger partial charge in [0.15, 0.2) is 43.7 Å². The third-order valence-electron chi connectivity index (χ3n) is 16.3. The molecule has 6 rings (SSSR count). The van der Waals surface area contributed by atoms with E-state index in [0.717, 1.165) is 0 Å². The monoisotopic (exact) mass is 1120 g/mol. The third-order valence-corrected chi connectivity index (χ3v) is 16.3. The van der Waals surface area contributed by atoms with E-state index in [1.54, 1.807) is 51.1 Å². The van der Waals surface area contributed by atoms with Gasteiger partial charge in [-0.15, -0.1) is 0 Å². The Kier molecular flexibility index (Phi) is 22.7. The van der Waals surface area contributed by atoms with Gasteiger partial charge >= 0.3 is 29.8 Å². The smallest absolute Gasteiger partial charge is 0.338 e. The van der Waals surface area contributed by atoms with E-state index in [1.165, 1.54) is 35.0 Å². The number of esters is 5. The maximum absolute atomic E-state index is 13.9. The predicted molar refractivity (Wildman–Crippen MR) is 272 cm³/mol. The van der Waals surface area contributed by atoms with Crippen LogP contribution in [0.3, 0.4) is 0 Å². The van der Waals surface area contributed by atoms with E-state index < -0.39 is 158 Å². The number of carbonyl (C=O) groups is 5. The number of benzene rings is 1. The Morgan fingerprint density at radius 2 is 0.962 bits per heavy atom. The minimum Gasteiger partial charge on any atom is -0.467 e. The lowest BCUT2D eigenvalue weighted by Gasteiger charge is -2.51. The highest BCUT2D eigenvalue weighted by atomic mass is 16.8. The number of methoxy groups -OCH3 is 2. The average Bonchev–Trinajstić information content (AvgIpc) is 3.53. The molecule has 0 radical (unpaired) electrons. The van der Waals surface area contributed by atoms with Crippen molar-refractivity contribution in [2.75, 3.05) is 34.0 Å². The average molecular weight is 1120 g/mol. The van der Waals surface area contributed by atoms with Crippen molar-refractivity contribution in [1.29, 1.82) is 0 Å². The highest BCUT2D eigenvalue weighted by Crippen LogP contribution is 2.44. The van der Waals surface area contributed by atoms with Crippen LogP contribution in [0.2, 0.25) is 0 Å². The summed E-state index contributed by atoms with van der Waals surface area (Å²) in [6.07, 6.45) is -15.4. The second kappa shape index (κ2) is 28.5. The Bertz CT molecular complexity index is 2330. The van der Waals surface area contributed by atoms with Crippen molar-refractivity contribution in [2.24, 2.45) is 57.6 Å². The first-order chi connectivity index (χ1) is 37.5. The topological polar surface area (TPSA) is 321 Å². The van der Waals surface area contributed by atoms with E-state index in [2.05, 4.69) is 20.1 Å². The van der Waals surface area contributed by atoms with E-state index in [4.69, 9.17) is 71.1 Å². The lowest BCUT2D eigenvalue weighted by atomic mass is 9.81. The molecule has 440 valence electrons. The summed E-state index contributed by atoms with van der Waals surface area (Å²) in [7, 11) is 2.71. The van der Waals surface area contributed by atoms with Gasteiger partial charge < -0.3 is 71.1 Å². The first-order valence-electron chi connectivity index (χ1n) is 26.8. The molecule has 1 aromatic carbocycles. The Labute approximate surface area is 459 Å². The van der Waals surface area contributed by atoms with Gasteiger partial charge in [-0.05, 0) is 59.7 Å². The van der Waals surface area contributed by atoms with Crippen LogP contribution in [0.15, 0.2) is 40.6 Å². The van der Waals surface area contributed by atoms with Crippen LogP contribution in [0.5, 0.6) is 0 Å². The Balaban J connectivity index is 1.27. The number of nitrogens with zero attached hydrogens (tertiary/aromatic N) is 6. The Morgan fingerprint density at radius 3 is 1.51 bits per heavy atom. The first-order valence-corrected chi connectivity index (χ1v) is 26.8. The summed E-state index contributed by atoms with van der Waals surface area (Å²) < 4.78 is 92.5. The van der Waals surface area contributed by atoms with Gasteiger partial charge in [0, 0.05) is 55.5 Å². The highest BCUT2D eigenvalue weighted by molar-refractivity contribution is 5.89. The second-order valence-electron chi connectivity index (χ2n) is 21.3. The molecule has 0 saturated carbocycles. The van der Waals surface area contributed by atoms with Crippen LogP contribution in [0.25, 0.3) is 20.9 Å². The van der Waals surface area contributed by atoms with Gasteiger partial charge in [0.2, 0.25) is 0 Å². The quantitative estimate of drug-likeness (QED) is 0.0451. The molecule has 0 aromatic heterocycles. The van der Waals surface area contributed by atoms with Crippen molar-refractivity contribution < 1.29 is 95.0 Å². The normalized spacial score (nSPS) is 40.3. The fourth-order valence-electron chi connectivity index (χ4n) is 11.0. The molecule has 5 aliphatic heterocycles. The van der Waals surface area contributed by atoms with Gasteiger partial charge in [-0.1, -0.05) is 83.8 Å². The summed E-state index contributed by atoms with van der Waals surface area (Å²) in [5, 5.41) is 8.16. The van der Waals surface area contributed by atoms with Gasteiger partial charge in [0.25, 0.3) is 0 Å². The molecule has 26 heteroatoms. The molecular formula is C53H78N6O20. The molecule has 26 nitrogen and oxygen atoms in total. The molecule has 1 aromatic rings. The molecule has 0 N–H and O–H groups in total. The Morgan fingerprint density at radius 1 is 0.494 bits per heavy atom. The summed E-state index contributed by atoms with van der Waals surface area (Å²) in [6, 6.07) is 6.38. The molecule has 79 heavy (non-hydrogen) atoms. The van der Waals surface area contributed by atoms with E-state index >= 15 is 0 Å². The molecule has 10 unspecified atom stereocenters. The van der Waals surface area contributed by atoms with E-state index in [1.807, 2.05) is 41.5 Å². The summed E-state index contributed by atoms with van der Waals surface area (Å²) >= 11 is 0. The van der Waals surface area contributed by atoms with Crippen LogP contribution in [0.1, 0.15) is 93.4 Å². The van der Waals surface area contributed by atoms with Crippen LogP contribution in [-0.2, 0) is 90.2 Å². The molecule has 5 aliphatic rings. The number of azide groups is 2. The second-order valence-corrected chi connectivity index (χ2v) is 21.3. The van der Waals surface area contributed by atoms with Gasteiger partial charge in [0.05, 0.1) is 55.3 Å². The zero-order chi connectivity index (χ0) is 58.0. The molecule has 5 saturated heterocycles. The zero-order valence-electron chi connectivity index (χ0n) is 47.3. The molecule has 0 aliphatic carbocycles. The SMILES string of the molecule is COC(=O)C1O[C@@H](O[C@@H]2C(COC(C)=O)O[C@H](O[C@H]3C(C)C(OC(=O)c4ccccc4)[C@H](O[C@@H]4C(COC(C)=O)O[C@H](OC)C(C)[C@H]4C)O[C@H]3C)C(N=[N+]=[N-])[C@H]2C)C(C)[C@@H](C)[C@@H]1O[C@H]1OC(COC(C)=O)[C@@H](C)[C@H](C)C1N=[N+]=[N-]. The molecule has 5 heterocycles. The van der Waals surface area contributed by atoms with Crippen molar-refractivity contribution in [3.8, 4) is 0 Å². The summed E-state index contributed by atoms with van der Waals surface area (Å²) in [5.74, 6) is -6.75. The fraction of sp³-hybridized carbons (Fsp3) is 0.792. The summed E-state index contributed by atoms with van der Waals surface area (Å²) in [4.78, 5) is 70.0. The van der Waals surface area contributed by atoms with Gasteiger partial charge in [0.1, 0.15) is 38.1 Å². The van der Waals surface area contributed by atoms with Crippen LogP contribution < -0.4 is 0 Å². The summed E-state index contributed by atoms with van der Waals surface area (Å²) in [5.41, 5.74) is 19.9. The van der Waals surface area contributed by atoms with Crippen molar-refractivity contribution in [3.05, 3.63) is 56.8 Å². The number of carbonyl (C=O) groups excluding carboxylic acids is 5. The van der Waals surface area contributed by atoms with Crippen molar-refractivity contribution >= 4 is 29.8 Å². The maximum Gasteiger partial charge on any atom is 0.338 e. The number of hydrogen-bond acceptors (Lipinski definition) is 22. The van der Waals surface area contributed by atoms with Gasteiger partial charge in [-0.2, -0.15) is 0 Å². The van der Waals surface area contributed by atoms with Gasteiger partial charge in [-0.3, -0.25) is 14.4 Å². The lowest BCUT2D eigenvalue weighted by Crippen LogP contribution is -2.63. The predicted octanol–water partition coefficient (Wildman–Crippen LogP) is 6.35. The molecule has 25 atom stereocenters. The number of rotatable bonds is 20. The van der Waals surface area contributed by atoms with E-state index in [-0.39, 0.29) is 49.1 Å². The molecule has 0 spiro atoms. The molecular weight excluding hydrogens is 1040 g/mol. The minimum atomic E-state index is -1.43. The molecule has 0 amide bonds. The third kappa shape index (κ3) is 15.0. The minimum absolute atomic E-state index is 0.0913. The van der Waals surface area contributed by atoms with Crippen LogP contribution in [0, 0.1) is 47.3 Å². The highest BCUT2D eigenvalue weighted by Gasteiger charge is 2.56. The fourth-order valence-corrected chi connectivity index (χ4v) is 11.0. The molecule has 5 fully saturated rings.